The number of thioether (sulfide) groups is 1. The van der Waals surface area contributed by atoms with Crippen LogP contribution in [-0.4, -0.2) is 28.3 Å². The van der Waals surface area contributed by atoms with Crippen LogP contribution >= 0.6 is 11.8 Å². The van der Waals surface area contributed by atoms with Crippen LogP contribution in [0.1, 0.15) is 39.0 Å². The lowest BCUT2D eigenvalue weighted by molar-refractivity contribution is 0.137. The zero-order chi connectivity index (χ0) is 9.68. The molecule has 0 amide bonds. The van der Waals surface area contributed by atoms with Crippen molar-refractivity contribution in [2.45, 2.75) is 56.4 Å². The summed E-state index contributed by atoms with van der Waals surface area (Å²) in [5.74, 6) is 0.998. The van der Waals surface area contributed by atoms with Crippen molar-refractivity contribution in [3.05, 3.63) is 0 Å². The van der Waals surface area contributed by atoms with E-state index in [4.69, 9.17) is 5.73 Å². The van der Waals surface area contributed by atoms with Crippen molar-refractivity contribution in [1.29, 1.82) is 0 Å². The number of hydrogen-bond acceptors (Lipinski definition) is 3. The highest BCUT2D eigenvalue weighted by molar-refractivity contribution is 8.00. The van der Waals surface area contributed by atoms with Gasteiger partial charge in [-0.05, 0) is 19.3 Å². The molecule has 1 aliphatic carbocycles. The summed E-state index contributed by atoms with van der Waals surface area (Å²) in [5.41, 5.74) is 5.83. The third-order valence-corrected chi connectivity index (χ3v) is 4.32. The van der Waals surface area contributed by atoms with E-state index < -0.39 is 0 Å². The molecule has 0 bridgehead atoms. The highest BCUT2D eigenvalue weighted by atomic mass is 32.2. The zero-order valence-electron chi connectivity index (χ0n) is 8.41. The first-order valence-electron chi connectivity index (χ1n) is 5.29. The Kier molecular flexibility index (Phi) is 5.14. The van der Waals surface area contributed by atoms with E-state index in [0.29, 0.717) is 11.3 Å². The van der Waals surface area contributed by atoms with Gasteiger partial charge in [0.05, 0.1) is 6.10 Å². The SMILES string of the molecule is CCC(N)CSC1CCCCC1O. The monoisotopic (exact) mass is 203 g/mol. The first-order valence-corrected chi connectivity index (χ1v) is 6.34. The second kappa shape index (κ2) is 5.89. The molecule has 1 aliphatic rings. The highest BCUT2D eigenvalue weighted by Gasteiger charge is 2.23. The van der Waals surface area contributed by atoms with Crippen LogP contribution in [0.4, 0.5) is 0 Å². The summed E-state index contributed by atoms with van der Waals surface area (Å²) in [7, 11) is 0. The van der Waals surface area contributed by atoms with Gasteiger partial charge >= 0.3 is 0 Å². The molecule has 0 saturated heterocycles. The van der Waals surface area contributed by atoms with E-state index in [-0.39, 0.29) is 6.10 Å². The van der Waals surface area contributed by atoms with E-state index in [9.17, 15) is 5.11 Å². The Balaban J connectivity index is 2.18. The van der Waals surface area contributed by atoms with E-state index in [1.54, 1.807) is 0 Å². The smallest absolute Gasteiger partial charge is 0.0658 e. The van der Waals surface area contributed by atoms with Crippen molar-refractivity contribution in [1.82, 2.24) is 0 Å². The molecular formula is C10H21NOS. The van der Waals surface area contributed by atoms with Gasteiger partial charge in [-0.15, -0.1) is 0 Å². The molecule has 1 saturated carbocycles. The van der Waals surface area contributed by atoms with Gasteiger partial charge in [0.15, 0.2) is 0 Å². The Morgan fingerprint density at radius 1 is 1.46 bits per heavy atom. The van der Waals surface area contributed by atoms with Crippen LogP contribution in [0.2, 0.25) is 0 Å². The fourth-order valence-electron chi connectivity index (χ4n) is 1.64. The van der Waals surface area contributed by atoms with Crippen molar-refractivity contribution in [2.75, 3.05) is 5.75 Å². The second-order valence-corrected chi connectivity index (χ2v) is 5.16. The molecule has 0 aliphatic heterocycles. The van der Waals surface area contributed by atoms with Gasteiger partial charge < -0.3 is 10.8 Å². The lowest BCUT2D eigenvalue weighted by atomic mass is 9.97. The third kappa shape index (κ3) is 3.88. The third-order valence-electron chi connectivity index (χ3n) is 2.72. The van der Waals surface area contributed by atoms with Crippen LogP contribution in [0.3, 0.4) is 0 Å². The van der Waals surface area contributed by atoms with Crippen molar-refractivity contribution < 1.29 is 5.11 Å². The number of rotatable bonds is 4. The molecule has 0 spiro atoms. The number of hydrogen-bond donors (Lipinski definition) is 2. The average Bonchev–Trinajstić information content (AvgIpc) is 2.16. The van der Waals surface area contributed by atoms with Crippen LogP contribution in [0.25, 0.3) is 0 Å². The van der Waals surface area contributed by atoms with E-state index in [1.807, 2.05) is 11.8 Å². The second-order valence-electron chi connectivity index (χ2n) is 3.89. The minimum atomic E-state index is -0.0807. The summed E-state index contributed by atoms with van der Waals surface area (Å²) in [5, 5.41) is 10.1. The van der Waals surface area contributed by atoms with Gasteiger partial charge in [-0.2, -0.15) is 11.8 Å². The Labute approximate surface area is 85.3 Å². The van der Waals surface area contributed by atoms with E-state index >= 15 is 0 Å². The molecule has 0 aromatic rings. The summed E-state index contributed by atoms with van der Waals surface area (Å²) >= 11 is 1.86. The normalized spacial score (nSPS) is 31.6. The van der Waals surface area contributed by atoms with E-state index in [0.717, 1.165) is 18.6 Å². The van der Waals surface area contributed by atoms with Crippen molar-refractivity contribution in [3.8, 4) is 0 Å². The molecule has 0 radical (unpaired) electrons. The molecule has 0 heterocycles. The van der Waals surface area contributed by atoms with Crippen LogP contribution in [0, 0.1) is 0 Å². The summed E-state index contributed by atoms with van der Waals surface area (Å²) < 4.78 is 0. The predicted octanol–water partition coefficient (Wildman–Crippen LogP) is 1.76. The van der Waals surface area contributed by atoms with Gasteiger partial charge in [-0.3, -0.25) is 0 Å². The Bertz CT molecular complexity index is 143. The molecule has 3 heteroatoms. The predicted molar refractivity (Wildman–Crippen MR) is 59.0 cm³/mol. The van der Waals surface area contributed by atoms with Crippen LogP contribution < -0.4 is 5.73 Å². The van der Waals surface area contributed by atoms with Gasteiger partial charge in [0.2, 0.25) is 0 Å². The molecule has 2 nitrogen and oxygen atoms in total. The molecule has 3 N–H and O–H groups in total. The first-order chi connectivity index (χ1) is 6.24. The number of nitrogens with two attached hydrogens (primary N) is 1. The largest absolute Gasteiger partial charge is 0.392 e. The van der Waals surface area contributed by atoms with Gasteiger partial charge in [0.1, 0.15) is 0 Å². The van der Waals surface area contributed by atoms with Crippen molar-refractivity contribution in [2.24, 2.45) is 5.73 Å². The van der Waals surface area contributed by atoms with E-state index in [1.165, 1.54) is 19.3 Å². The maximum atomic E-state index is 9.69. The fourth-order valence-corrected chi connectivity index (χ4v) is 3.06. The van der Waals surface area contributed by atoms with Crippen LogP contribution in [0.15, 0.2) is 0 Å². The standard InChI is InChI=1S/C10H21NOS/c1-2-8(11)7-13-10-6-4-3-5-9(10)12/h8-10,12H,2-7,11H2,1H3. The maximum Gasteiger partial charge on any atom is 0.0658 e. The number of aliphatic hydroxyl groups excluding tert-OH is 1. The lowest BCUT2D eigenvalue weighted by Crippen LogP contribution is -2.30. The molecule has 0 aromatic carbocycles. The summed E-state index contributed by atoms with van der Waals surface area (Å²) in [6, 6.07) is 0.305. The number of aliphatic hydroxyl groups is 1. The Hall–Kier alpha value is 0.270. The van der Waals surface area contributed by atoms with Crippen LogP contribution in [-0.2, 0) is 0 Å². The molecule has 0 aromatic heterocycles. The van der Waals surface area contributed by atoms with Gasteiger partial charge in [0.25, 0.3) is 0 Å². The quantitative estimate of drug-likeness (QED) is 0.732. The Morgan fingerprint density at radius 2 is 2.15 bits per heavy atom. The molecule has 78 valence electrons. The Morgan fingerprint density at radius 3 is 2.77 bits per heavy atom. The minimum Gasteiger partial charge on any atom is -0.392 e. The lowest BCUT2D eigenvalue weighted by Gasteiger charge is -2.27. The van der Waals surface area contributed by atoms with Crippen molar-refractivity contribution in [3.63, 3.8) is 0 Å². The average molecular weight is 203 g/mol. The molecular weight excluding hydrogens is 182 g/mol. The highest BCUT2D eigenvalue weighted by Crippen LogP contribution is 2.28. The molecule has 3 atom stereocenters. The molecule has 1 rings (SSSR count). The summed E-state index contributed by atoms with van der Waals surface area (Å²) in [6.07, 6.45) is 5.58. The first kappa shape index (κ1) is 11.3. The fraction of sp³-hybridized carbons (Fsp3) is 1.00. The minimum absolute atomic E-state index is 0.0807. The van der Waals surface area contributed by atoms with E-state index in [2.05, 4.69) is 6.92 Å². The molecule has 3 unspecified atom stereocenters. The molecule has 1 fully saturated rings. The summed E-state index contributed by atoms with van der Waals surface area (Å²) in [4.78, 5) is 0. The van der Waals surface area contributed by atoms with Gasteiger partial charge in [0, 0.05) is 17.0 Å². The summed E-state index contributed by atoms with van der Waals surface area (Å²) in [6.45, 7) is 2.11. The van der Waals surface area contributed by atoms with Gasteiger partial charge in [-0.25, -0.2) is 0 Å². The van der Waals surface area contributed by atoms with Crippen LogP contribution in [0.5, 0.6) is 0 Å². The molecule has 13 heavy (non-hydrogen) atoms. The van der Waals surface area contributed by atoms with Gasteiger partial charge in [-0.1, -0.05) is 19.8 Å². The topological polar surface area (TPSA) is 46.2 Å². The zero-order valence-corrected chi connectivity index (χ0v) is 9.22. The van der Waals surface area contributed by atoms with Crippen molar-refractivity contribution >= 4 is 11.8 Å². The maximum absolute atomic E-state index is 9.69.